The maximum atomic E-state index is 13.0. The second-order valence-electron chi connectivity index (χ2n) is 7.83. The third-order valence-electron chi connectivity index (χ3n) is 5.61. The summed E-state index contributed by atoms with van der Waals surface area (Å²) < 4.78 is 42.7. The molecule has 1 saturated carbocycles. The molecule has 2 N–H and O–H groups in total. The fourth-order valence-electron chi connectivity index (χ4n) is 3.67. The minimum atomic E-state index is -4.42. The van der Waals surface area contributed by atoms with Crippen molar-refractivity contribution in [3.63, 3.8) is 0 Å². The van der Waals surface area contributed by atoms with Crippen molar-refractivity contribution in [1.29, 1.82) is 0 Å². The van der Waals surface area contributed by atoms with Crippen LogP contribution in [0, 0.1) is 0 Å². The maximum Gasteiger partial charge on any atom is 0.416 e. The van der Waals surface area contributed by atoms with Gasteiger partial charge < -0.3 is 14.9 Å². The topological polar surface area (TPSA) is 78.7 Å². The molecule has 0 bridgehead atoms. The number of fused-ring (bicyclic) bond motifs is 1. The molecule has 4 aromatic rings. The highest BCUT2D eigenvalue weighted by Gasteiger charge is 2.30. The number of rotatable bonds is 5. The molecule has 0 saturated heterocycles. The van der Waals surface area contributed by atoms with Crippen LogP contribution in [0.5, 0.6) is 0 Å². The zero-order valence-corrected chi connectivity index (χ0v) is 16.8. The number of hydrogen-bond acceptors (Lipinski definition) is 3. The molecule has 1 aliphatic rings. The zero-order valence-electron chi connectivity index (χ0n) is 16.8. The lowest BCUT2D eigenvalue weighted by Crippen LogP contribution is -2.12. The molecule has 9 heteroatoms. The quantitative estimate of drug-likeness (QED) is 0.458. The summed E-state index contributed by atoms with van der Waals surface area (Å²) in [6, 6.07) is 7.06. The van der Waals surface area contributed by atoms with E-state index in [2.05, 4.69) is 21.1 Å². The van der Waals surface area contributed by atoms with Gasteiger partial charge in [-0.05, 0) is 43.2 Å². The zero-order chi connectivity index (χ0) is 22.6. The highest BCUT2D eigenvalue weighted by molar-refractivity contribution is 6.18. The number of pyridine rings is 1. The van der Waals surface area contributed by atoms with Gasteiger partial charge in [0.25, 0.3) is 0 Å². The molecule has 0 aliphatic heterocycles. The fourth-order valence-corrected chi connectivity index (χ4v) is 3.67. The highest BCUT2D eigenvalue weighted by atomic mass is 19.4. The lowest BCUT2D eigenvalue weighted by Gasteiger charge is -2.09. The van der Waals surface area contributed by atoms with Gasteiger partial charge in [0, 0.05) is 52.4 Å². The van der Waals surface area contributed by atoms with E-state index in [0.29, 0.717) is 34.0 Å². The number of benzene rings is 1. The first-order chi connectivity index (χ1) is 15.2. The Balaban J connectivity index is 1.67. The van der Waals surface area contributed by atoms with E-state index in [1.54, 1.807) is 23.2 Å². The maximum absolute atomic E-state index is 13.0. The average molecular weight is 437 g/mol. The van der Waals surface area contributed by atoms with Gasteiger partial charge >= 0.3 is 6.18 Å². The van der Waals surface area contributed by atoms with E-state index in [0.717, 1.165) is 30.5 Å². The number of hydrogen-bond donors (Lipinski definition) is 1. The fraction of sp³-hybridized carbons (Fsp3) is 0.174. The Morgan fingerprint density at radius 2 is 1.84 bits per heavy atom. The summed E-state index contributed by atoms with van der Waals surface area (Å²) in [5.74, 6) is -0.659. The van der Waals surface area contributed by atoms with Gasteiger partial charge in [0.2, 0.25) is 5.91 Å². The van der Waals surface area contributed by atoms with Crippen LogP contribution in [0.2, 0.25) is 0 Å². The molecule has 162 valence electrons. The van der Waals surface area contributed by atoms with Gasteiger partial charge in [0.1, 0.15) is 5.65 Å². The molecule has 1 aromatic carbocycles. The predicted octanol–water partition coefficient (Wildman–Crippen LogP) is 4.74. The number of nitrogens with two attached hydrogens (primary N) is 1. The Bertz CT molecular complexity index is 1360. The number of alkyl halides is 3. The van der Waals surface area contributed by atoms with E-state index in [9.17, 15) is 18.0 Å². The van der Waals surface area contributed by atoms with E-state index < -0.39 is 17.6 Å². The van der Waals surface area contributed by atoms with Crippen LogP contribution < -0.4 is 5.73 Å². The number of nitrogens with zero attached hydrogens (tertiary/aromatic N) is 4. The summed E-state index contributed by atoms with van der Waals surface area (Å²) in [6.45, 7) is 3.72. The molecule has 1 amide bonds. The molecule has 5 rings (SSSR count). The van der Waals surface area contributed by atoms with Gasteiger partial charge in [-0.15, -0.1) is 0 Å². The van der Waals surface area contributed by atoms with Crippen LogP contribution >= 0.6 is 0 Å². The molecular weight excluding hydrogens is 419 g/mol. The number of amides is 1. The van der Waals surface area contributed by atoms with Gasteiger partial charge in [0.05, 0.1) is 17.6 Å². The molecule has 0 radical (unpaired) electrons. The smallest absolute Gasteiger partial charge is 0.366 e. The second-order valence-corrected chi connectivity index (χ2v) is 7.83. The first-order valence-electron chi connectivity index (χ1n) is 9.94. The van der Waals surface area contributed by atoms with Gasteiger partial charge in [-0.25, -0.2) is 9.97 Å². The van der Waals surface area contributed by atoms with Crippen molar-refractivity contribution in [2.45, 2.75) is 25.1 Å². The molecule has 1 aliphatic carbocycles. The van der Waals surface area contributed by atoms with Gasteiger partial charge in [-0.1, -0.05) is 6.58 Å². The number of primary amides is 1. The van der Waals surface area contributed by atoms with Crippen molar-refractivity contribution in [2.75, 3.05) is 0 Å². The summed E-state index contributed by atoms with van der Waals surface area (Å²) in [6.07, 6.45) is 4.77. The minimum absolute atomic E-state index is 0.121. The molecule has 0 spiro atoms. The summed E-state index contributed by atoms with van der Waals surface area (Å²) in [4.78, 5) is 20.6. The summed E-state index contributed by atoms with van der Waals surface area (Å²) in [5, 5.41) is 0.686. The Kier molecular flexibility index (Phi) is 4.44. The van der Waals surface area contributed by atoms with Crippen molar-refractivity contribution < 1.29 is 18.0 Å². The number of aromatic nitrogens is 4. The van der Waals surface area contributed by atoms with Crippen LogP contribution in [0.1, 0.15) is 30.0 Å². The van der Waals surface area contributed by atoms with Crippen LogP contribution in [-0.2, 0) is 11.0 Å². The van der Waals surface area contributed by atoms with Crippen LogP contribution in [0.25, 0.3) is 33.6 Å². The van der Waals surface area contributed by atoms with Crippen LogP contribution in [-0.4, -0.2) is 25.0 Å². The third-order valence-corrected chi connectivity index (χ3v) is 5.61. The molecule has 32 heavy (non-hydrogen) atoms. The van der Waals surface area contributed by atoms with Crippen molar-refractivity contribution in [3.05, 3.63) is 73.0 Å². The Hall–Kier alpha value is -3.88. The minimum Gasteiger partial charge on any atom is -0.366 e. The molecule has 1 fully saturated rings. The van der Waals surface area contributed by atoms with Crippen LogP contribution in [0.4, 0.5) is 13.2 Å². The summed E-state index contributed by atoms with van der Waals surface area (Å²) in [7, 11) is 0. The number of carbonyl (C=O) groups is 1. The van der Waals surface area contributed by atoms with Gasteiger partial charge in [-0.2, -0.15) is 13.2 Å². The van der Waals surface area contributed by atoms with E-state index in [-0.39, 0.29) is 5.57 Å². The van der Waals surface area contributed by atoms with E-state index >= 15 is 0 Å². The van der Waals surface area contributed by atoms with Gasteiger partial charge in [-0.3, -0.25) is 4.79 Å². The summed E-state index contributed by atoms with van der Waals surface area (Å²) in [5.41, 5.74) is 7.72. The van der Waals surface area contributed by atoms with Crippen molar-refractivity contribution in [2.24, 2.45) is 5.73 Å². The molecular formula is C23H18F3N5O. The second kappa shape index (κ2) is 7.08. The number of carbonyl (C=O) groups excluding carboxylic acids is 1. The van der Waals surface area contributed by atoms with Crippen molar-refractivity contribution >= 4 is 22.5 Å². The summed E-state index contributed by atoms with van der Waals surface area (Å²) >= 11 is 0. The number of imidazole rings is 1. The molecule has 0 atom stereocenters. The van der Waals surface area contributed by atoms with Crippen molar-refractivity contribution in [1.82, 2.24) is 19.1 Å². The lowest BCUT2D eigenvalue weighted by molar-refractivity contribution is -0.137. The molecule has 0 unspecified atom stereocenters. The average Bonchev–Trinajstić information content (AvgIpc) is 3.38. The Morgan fingerprint density at radius 3 is 2.47 bits per heavy atom. The predicted molar refractivity (Wildman–Crippen MR) is 114 cm³/mol. The third kappa shape index (κ3) is 3.45. The normalized spacial score (nSPS) is 14.1. The Labute approximate surface area is 180 Å². The first-order valence-corrected chi connectivity index (χ1v) is 9.94. The first kappa shape index (κ1) is 20.0. The monoisotopic (exact) mass is 437 g/mol. The van der Waals surface area contributed by atoms with E-state index in [1.165, 1.54) is 18.3 Å². The van der Waals surface area contributed by atoms with Crippen molar-refractivity contribution in [3.8, 4) is 16.9 Å². The largest absolute Gasteiger partial charge is 0.416 e. The standard InChI is InChI=1S/C23H18F3N5O/c1-13(21(27)32)14-8-18-19(20-11-30(12-29-20)16-6-7-16)10-31(22(18)28-9-14)17-4-2-15(3-5-17)23(24,25)26/h2-5,8-12,16H,1,6-7H2,(H2,27,32). The Morgan fingerprint density at radius 1 is 1.12 bits per heavy atom. The van der Waals surface area contributed by atoms with Crippen LogP contribution in [0.15, 0.2) is 61.8 Å². The lowest BCUT2D eigenvalue weighted by atomic mass is 10.1. The molecule has 3 heterocycles. The molecule has 3 aromatic heterocycles. The number of halogens is 3. The SMILES string of the molecule is C=C(C(N)=O)c1cnc2c(c1)c(-c1cn(C3CC3)cn1)cn2-c1ccc(C(F)(F)F)cc1. The molecule has 6 nitrogen and oxygen atoms in total. The van der Waals surface area contributed by atoms with Crippen LogP contribution in [0.3, 0.4) is 0 Å². The van der Waals surface area contributed by atoms with E-state index in [1.807, 2.05) is 6.20 Å². The van der Waals surface area contributed by atoms with Gasteiger partial charge in [0.15, 0.2) is 0 Å². The highest BCUT2D eigenvalue weighted by Crippen LogP contribution is 2.38. The van der Waals surface area contributed by atoms with E-state index in [4.69, 9.17) is 5.73 Å².